The molecule has 0 aromatic heterocycles. The van der Waals surface area contributed by atoms with Crippen LogP contribution in [0.25, 0.3) is 6.08 Å². The molecule has 1 amide bonds. The summed E-state index contributed by atoms with van der Waals surface area (Å²) in [5.74, 6) is 0.433. The average Bonchev–Trinajstić information content (AvgIpc) is 2.48. The van der Waals surface area contributed by atoms with Gasteiger partial charge < -0.3 is 20.9 Å². The highest BCUT2D eigenvalue weighted by Crippen LogP contribution is 2.23. The van der Waals surface area contributed by atoms with Crippen LogP contribution in [0.15, 0.2) is 48.5 Å². The monoisotopic (exact) mass is 298 g/mol. The fourth-order valence-corrected chi connectivity index (χ4v) is 1.90. The highest BCUT2D eigenvalue weighted by molar-refractivity contribution is 6.02. The van der Waals surface area contributed by atoms with Crippen LogP contribution < -0.4 is 15.8 Å². The van der Waals surface area contributed by atoms with E-state index in [4.69, 9.17) is 10.5 Å². The van der Waals surface area contributed by atoms with Gasteiger partial charge in [-0.25, -0.2) is 0 Å². The van der Waals surface area contributed by atoms with Crippen molar-refractivity contribution < 1.29 is 14.6 Å². The molecule has 0 heterocycles. The first kappa shape index (κ1) is 15.4. The number of aromatic hydroxyl groups is 1. The first-order chi connectivity index (χ1) is 10.6. The molecule has 2 aromatic carbocycles. The summed E-state index contributed by atoms with van der Waals surface area (Å²) >= 11 is 0. The largest absolute Gasteiger partial charge is 0.508 e. The molecule has 5 heteroatoms. The molecule has 114 valence electrons. The summed E-state index contributed by atoms with van der Waals surface area (Å²) in [4.78, 5) is 11.8. The summed E-state index contributed by atoms with van der Waals surface area (Å²) in [5.41, 5.74) is 7.72. The molecule has 2 rings (SSSR count). The number of carbonyl (C=O) groups excluding carboxylic acids is 1. The van der Waals surface area contributed by atoms with Crippen molar-refractivity contribution in [3.8, 4) is 11.5 Å². The van der Waals surface area contributed by atoms with Crippen molar-refractivity contribution in [1.29, 1.82) is 0 Å². The van der Waals surface area contributed by atoms with Crippen LogP contribution in [0.5, 0.6) is 11.5 Å². The van der Waals surface area contributed by atoms with E-state index in [0.717, 1.165) is 5.56 Å². The molecule has 22 heavy (non-hydrogen) atoms. The van der Waals surface area contributed by atoms with Gasteiger partial charge in [-0.3, -0.25) is 4.79 Å². The quantitative estimate of drug-likeness (QED) is 0.585. The van der Waals surface area contributed by atoms with Gasteiger partial charge in [-0.15, -0.1) is 0 Å². The van der Waals surface area contributed by atoms with E-state index in [0.29, 0.717) is 23.7 Å². The number of ether oxygens (including phenoxy) is 1. The Labute approximate surface area is 129 Å². The fraction of sp³-hybridized carbons (Fsp3) is 0.118. The third kappa shape index (κ3) is 4.28. The van der Waals surface area contributed by atoms with E-state index in [1.807, 2.05) is 13.0 Å². The van der Waals surface area contributed by atoms with Gasteiger partial charge in [0.25, 0.3) is 0 Å². The summed E-state index contributed by atoms with van der Waals surface area (Å²) in [7, 11) is 0. The molecular weight excluding hydrogens is 280 g/mol. The summed E-state index contributed by atoms with van der Waals surface area (Å²) in [6.45, 7) is 2.44. The molecule has 0 fully saturated rings. The maximum Gasteiger partial charge on any atom is 0.248 e. The van der Waals surface area contributed by atoms with E-state index in [1.54, 1.807) is 30.3 Å². The van der Waals surface area contributed by atoms with Gasteiger partial charge in [0.2, 0.25) is 5.91 Å². The van der Waals surface area contributed by atoms with Crippen LogP contribution in [-0.2, 0) is 4.79 Å². The van der Waals surface area contributed by atoms with Gasteiger partial charge in [0, 0.05) is 17.8 Å². The van der Waals surface area contributed by atoms with Crippen LogP contribution in [0.1, 0.15) is 12.5 Å². The highest BCUT2D eigenvalue weighted by Gasteiger charge is 2.01. The van der Waals surface area contributed by atoms with Gasteiger partial charge in [0.15, 0.2) is 0 Å². The molecule has 0 bridgehead atoms. The SMILES string of the molecule is CCOc1ccc(/C=C\C(=O)Nc2cccc(O)c2)cc1N. The number of rotatable bonds is 5. The van der Waals surface area contributed by atoms with Crippen LogP contribution in [0.3, 0.4) is 0 Å². The number of hydrogen-bond acceptors (Lipinski definition) is 4. The molecule has 0 aliphatic rings. The second-order valence-electron chi connectivity index (χ2n) is 4.60. The molecule has 0 aliphatic carbocycles. The van der Waals surface area contributed by atoms with Gasteiger partial charge in [0.1, 0.15) is 11.5 Å². The zero-order valence-corrected chi connectivity index (χ0v) is 12.2. The lowest BCUT2D eigenvalue weighted by Gasteiger charge is -2.07. The molecule has 0 atom stereocenters. The smallest absolute Gasteiger partial charge is 0.248 e. The standard InChI is InChI=1S/C17H18N2O3/c1-2-22-16-8-6-12(10-15(16)18)7-9-17(21)19-13-4-3-5-14(20)11-13/h3-11,20H,2,18H2,1H3,(H,19,21)/b9-7-. The van der Waals surface area contributed by atoms with E-state index in [9.17, 15) is 9.90 Å². The minimum absolute atomic E-state index is 0.0982. The summed E-state index contributed by atoms with van der Waals surface area (Å²) in [6.07, 6.45) is 3.06. The molecule has 2 aromatic rings. The molecule has 5 nitrogen and oxygen atoms in total. The van der Waals surface area contributed by atoms with Crippen molar-refractivity contribution in [2.45, 2.75) is 6.92 Å². The first-order valence-corrected chi connectivity index (χ1v) is 6.89. The van der Waals surface area contributed by atoms with Crippen LogP contribution in [0.2, 0.25) is 0 Å². The van der Waals surface area contributed by atoms with Gasteiger partial charge in [0.05, 0.1) is 12.3 Å². The Bertz CT molecular complexity index is 696. The number of carbonyl (C=O) groups is 1. The van der Waals surface area contributed by atoms with Gasteiger partial charge >= 0.3 is 0 Å². The second kappa shape index (κ2) is 7.17. The fourth-order valence-electron chi connectivity index (χ4n) is 1.90. The zero-order valence-electron chi connectivity index (χ0n) is 12.2. The zero-order chi connectivity index (χ0) is 15.9. The maximum absolute atomic E-state index is 11.8. The highest BCUT2D eigenvalue weighted by atomic mass is 16.5. The predicted molar refractivity (Wildman–Crippen MR) is 87.8 cm³/mol. The topological polar surface area (TPSA) is 84.6 Å². The van der Waals surface area contributed by atoms with Gasteiger partial charge in [-0.05, 0) is 42.8 Å². The minimum Gasteiger partial charge on any atom is -0.508 e. The van der Waals surface area contributed by atoms with Crippen molar-refractivity contribution in [3.63, 3.8) is 0 Å². The number of nitrogens with two attached hydrogens (primary N) is 1. The minimum atomic E-state index is -0.293. The van der Waals surface area contributed by atoms with Gasteiger partial charge in [-0.2, -0.15) is 0 Å². The third-order valence-corrected chi connectivity index (χ3v) is 2.87. The number of hydrogen-bond donors (Lipinski definition) is 3. The molecule has 0 spiro atoms. The molecule has 0 saturated carbocycles. The molecule has 0 radical (unpaired) electrons. The predicted octanol–water partition coefficient (Wildman–Crippen LogP) is 3.03. The Balaban J connectivity index is 2.02. The second-order valence-corrected chi connectivity index (χ2v) is 4.60. The Morgan fingerprint density at radius 3 is 2.82 bits per heavy atom. The normalized spacial score (nSPS) is 10.6. The number of nitrogens with one attached hydrogen (secondary N) is 1. The van der Waals surface area contributed by atoms with Crippen molar-refractivity contribution in [3.05, 3.63) is 54.1 Å². The Morgan fingerprint density at radius 2 is 2.14 bits per heavy atom. The molecule has 0 unspecified atom stereocenters. The van der Waals surface area contributed by atoms with Crippen molar-refractivity contribution in [1.82, 2.24) is 0 Å². The van der Waals surface area contributed by atoms with Crippen molar-refractivity contribution in [2.24, 2.45) is 0 Å². The van der Waals surface area contributed by atoms with E-state index in [1.165, 1.54) is 18.2 Å². The van der Waals surface area contributed by atoms with E-state index in [-0.39, 0.29) is 11.7 Å². The van der Waals surface area contributed by atoms with Crippen molar-refractivity contribution in [2.75, 3.05) is 17.7 Å². The van der Waals surface area contributed by atoms with E-state index >= 15 is 0 Å². The number of phenols is 1. The Kier molecular flexibility index (Phi) is 5.03. The number of phenolic OH excluding ortho intramolecular Hbond substituents is 1. The lowest BCUT2D eigenvalue weighted by atomic mass is 10.1. The van der Waals surface area contributed by atoms with Crippen molar-refractivity contribution >= 4 is 23.4 Å². The molecular formula is C17H18N2O3. The molecule has 4 N–H and O–H groups in total. The number of benzene rings is 2. The van der Waals surface area contributed by atoms with Gasteiger partial charge in [-0.1, -0.05) is 12.1 Å². The van der Waals surface area contributed by atoms with Crippen LogP contribution in [0, 0.1) is 0 Å². The van der Waals surface area contributed by atoms with Crippen LogP contribution in [0.4, 0.5) is 11.4 Å². The van der Waals surface area contributed by atoms with Crippen LogP contribution >= 0.6 is 0 Å². The Hall–Kier alpha value is -2.95. The first-order valence-electron chi connectivity index (χ1n) is 6.89. The lowest BCUT2D eigenvalue weighted by molar-refractivity contribution is -0.111. The van der Waals surface area contributed by atoms with Crippen LogP contribution in [-0.4, -0.2) is 17.6 Å². The average molecular weight is 298 g/mol. The number of amides is 1. The summed E-state index contributed by atoms with van der Waals surface area (Å²) < 4.78 is 5.36. The summed E-state index contributed by atoms with van der Waals surface area (Å²) in [6, 6.07) is 11.7. The lowest BCUT2D eigenvalue weighted by Crippen LogP contribution is -2.07. The number of anilines is 2. The molecule has 0 aliphatic heterocycles. The third-order valence-electron chi connectivity index (χ3n) is 2.87. The van der Waals surface area contributed by atoms with E-state index < -0.39 is 0 Å². The Morgan fingerprint density at radius 1 is 1.32 bits per heavy atom. The molecule has 0 saturated heterocycles. The van der Waals surface area contributed by atoms with E-state index in [2.05, 4.69) is 5.32 Å². The summed E-state index contributed by atoms with van der Waals surface area (Å²) in [5, 5.41) is 12.0. The number of nitrogen functional groups attached to an aromatic ring is 1. The maximum atomic E-state index is 11.8.